The van der Waals surface area contributed by atoms with Crippen LogP contribution >= 0.6 is 11.8 Å². The molecule has 4 aromatic carbocycles. The molecule has 1 unspecified atom stereocenters. The topological polar surface area (TPSA) is 111 Å². The molecule has 0 bridgehead atoms. The largest absolute Gasteiger partial charge is 0.481 e. The number of hydrogen-bond donors (Lipinski definition) is 2. The molecule has 6 aromatic rings. The summed E-state index contributed by atoms with van der Waals surface area (Å²) in [5.74, 6) is 1.71. The number of amides is 1. The molecule has 0 saturated carbocycles. The summed E-state index contributed by atoms with van der Waals surface area (Å²) < 4.78 is 19.5. The van der Waals surface area contributed by atoms with E-state index in [-0.39, 0.29) is 32.3 Å². The van der Waals surface area contributed by atoms with Crippen LogP contribution in [0.5, 0.6) is 17.2 Å². The number of aromatic nitrogens is 3. The van der Waals surface area contributed by atoms with Gasteiger partial charge in [0.05, 0.1) is 5.69 Å². The minimum atomic E-state index is -0.869. The molecule has 0 fully saturated rings. The lowest BCUT2D eigenvalue weighted by atomic mass is 9.86. The van der Waals surface area contributed by atoms with Crippen molar-refractivity contribution < 1.29 is 18.7 Å². The number of fused-ring (bicyclic) bond motifs is 1. The van der Waals surface area contributed by atoms with Crippen molar-refractivity contribution in [3.05, 3.63) is 119 Å². The average Bonchev–Trinajstić information content (AvgIpc) is 3.61. The van der Waals surface area contributed by atoms with Crippen LogP contribution in [0.15, 0.2) is 116 Å². The zero-order valence-corrected chi connectivity index (χ0v) is 29.5. The highest BCUT2D eigenvalue weighted by Gasteiger charge is 2.26. The molecule has 10 heteroatoms. The fraction of sp³-hybridized carbons (Fsp3) is 0.256. The van der Waals surface area contributed by atoms with Gasteiger partial charge in [-0.2, -0.15) is 0 Å². The number of para-hydroxylation sites is 3. The van der Waals surface area contributed by atoms with E-state index in [0.29, 0.717) is 34.0 Å². The molecular weight excluding hydrogens is 637 g/mol. The molecule has 0 saturated heterocycles. The number of aromatic amines is 1. The van der Waals surface area contributed by atoms with Gasteiger partial charge in [0.25, 0.3) is 16.7 Å². The van der Waals surface area contributed by atoms with E-state index in [2.05, 4.69) is 69.1 Å². The molecule has 252 valence electrons. The van der Waals surface area contributed by atoms with Crippen molar-refractivity contribution in [2.24, 2.45) is 0 Å². The van der Waals surface area contributed by atoms with Crippen LogP contribution in [-0.4, -0.2) is 26.8 Å². The molecule has 0 radical (unpaired) electrons. The van der Waals surface area contributed by atoms with Crippen LogP contribution in [0.2, 0.25) is 0 Å². The maximum atomic E-state index is 13.9. The number of rotatable bonds is 9. The maximum absolute atomic E-state index is 13.9. The fourth-order valence-corrected chi connectivity index (χ4v) is 6.07. The lowest BCUT2D eigenvalue weighted by molar-refractivity contribution is -0.122. The number of benzene rings is 4. The highest BCUT2D eigenvalue weighted by molar-refractivity contribution is 7.99. The molecule has 2 heterocycles. The van der Waals surface area contributed by atoms with Gasteiger partial charge in [-0.1, -0.05) is 84.0 Å². The van der Waals surface area contributed by atoms with Crippen LogP contribution < -0.4 is 20.3 Å². The molecule has 1 atom stereocenters. The third kappa shape index (κ3) is 7.60. The Kier molecular flexibility index (Phi) is 9.18. The predicted octanol–water partition coefficient (Wildman–Crippen LogP) is 9.25. The first-order chi connectivity index (χ1) is 23.3. The number of carbonyl (C=O) groups is 1. The highest BCUT2D eigenvalue weighted by atomic mass is 32.2. The first-order valence-electron chi connectivity index (χ1n) is 16.1. The highest BCUT2D eigenvalue weighted by Crippen LogP contribution is 2.34. The van der Waals surface area contributed by atoms with Gasteiger partial charge < -0.3 is 19.2 Å². The van der Waals surface area contributed by atoms with Crippen LogP contribution in [0.1, 0.15) is 59.6 Å². The Morgan fingerprint density at radius 3 is 2.14 bits per heavy atom. The van der Waals surface area contributed by atoms with Crippen molar-refractivity contribution in [3.63, 3.8) is 0 Å². The first kappa shape index (κ1) is 33.7. The van der Waals surface area contributed by atoms with Gasteiger partial charge in [0.1, 0.15) is 33.5 Å². The maximum Gasteiger partial charge on any atom is 0.287 e. The summed E-state index contributed by atoms with van der Waals surface area (Å²) in [7, 11) is 0. The van der Waals surface area contributed by atoms with E-state index >= 15 is 0 Å². The number of anilines is 1. The van der Waals surface area contributed by atoms with Crippen molar-refractivity contribution in [3.8, 4) is 22.9 Å². The van der Waals surface area contributed by atoms with Crippen LogP contribution in [0.25, 0.3) is 16.8 Å². The third-order valence-corrected chi connectivity index (χ3v) is 8.91. The van der Waals surface area contributed by atoms with Gasteiger partial charge in [0.2, 0.25) is 0 Å². The third-order valence-electron chi connectivity index (χ3n) is 7.98. The minimum absolute atomic E-state index is 0.0438. The van der Waals surface area contributed by atoms with Crippen LogP contribution in [0.4, 0.5) is 5.82 Å². The quantitative estimate of drug-likeness (QED) is 0.157. The van der Waals surface area contributed by atoms with Crippen molar-refractivity contribution in [2.45, 2.75) is 75.5 Å². The molecule has 49 heavy (non-hydrogen) atoms. The van der Waals surface area contributed by atoms with Gasteiger partial charge >= 0.3 is 0 Å². The molecular formula is C39H40N4O5S. The number of carbonyl (C=O) groups excluding carboxylic acids is 1. The summed E-state index contributed by atoms with van der Waals surface area (Å²) >= 11 is 1.03. The van der Waals surface area contributed by atoms with E-state index in [1.165, 1.54) is 10.2 Å². The molecule has 1 amide bonds. The molecule has 2 aromatic heterocycles. The molecule has 6 rings (SSSR count). The van der Waals surface area contributed by atoms with Gasteiger partial charge in [0, 0.05) is 0 Å². The normalized spacial score (nSPS) is 12.6. The molecule has 0 aliphatic carbocycles. The Balaban J connectivity index is 1.27. The number of hydrogen-bond acceptors (Lipinski definition) is 7. The van der Waals surface area contributed by atoms with Crippen LogP contribution in [0, 0.1) is 0 Å². The summed E-state index contributed by atoms with van der Waals surface area (Å²) in [6.45, 7) is 14.4. The number of ether oxygens (including phenoxy) is 2. The van der Waals surface area contributed by atoms with E-state index < -0.39 is 12.0 Å². The van der Waals surface area contributed by atoms with Crippen molar-refractivity contribution in [1.29, 1.82) is 0 Å². The number of H-pyrrole nitrogens is 1. The number of nitrogens with zero attached hydrogens (tertiary/aromatic N) is 2. The monoisotopic (exact) mass is 676 g/mol. The van der Waals surface area contributed by atoms with Gasteiger partial charge in [-0.05, 0) is 95.2 Å². The summed E-state index contributed by atoms with van der Waals surface area (Å²) in [6, 6.07) is 30.1. The smallest absolute Gasteiger partial charge is 0.287 e. The number of nitrogens with one attached hydrogen (secondary N) is 2. The lowest BCUT2D eigenvalue weighted by Crippen LogP contribution is -2.31. The molecule has 0 spiro atoms. The van der Waals surface area contributed by atoms with Gasteiger partial charge in [-0.25, -0.2) is 9.67 Å². The van der Waals surface area contributed by atoms with Crippen molar-refractivity contribution in [2.75, 3.05) is 5.32 Å². The molecule has 0 aliphatic heterocycles. The summed E-state index contributed by atoms with van der Waals surface area (Å²) in [4.78, 5) is 32.2. The minimum Gasteiger partial charge on any atom is -0.481 e. The van der Waals surface area contributed by atoms with Gasteiger partial charge in [-0.3, -0.25) is 14.7 Å². The Labute approximate surface area is 289 Å². The molecule has 2 N–H and O–H groups in total. The Morgan fingerprint density at radius 2 is 1.49 bits per heavy atom. The average molecular weight is 677 g/mol. The van der Waals surface area contributed by atoms with Crippen molar-refractivity contribution in [1.82, 2.24) is 14.8 Å². The lowest BCUT2D eigenvalue weighted by Gasteiger charge is -2.24. The standard InChI is InChI=1S/C39H40N4O5S/c1-24(46-31-14-10-8-12-29(31)39(5,6)7)35(44)41-34-33(49-37-40-30-13-9-11-15-32(30)48-37)36(45)43(42-34)26-18-22-28(23-19-26)47-27-20-16-25(17-21-27)38(2,3)4/h8-24,42H,1-7H3,(H,41,44). The molecule has 9 nitrogen and oxygen atoms in total. The van der Waals surface area contributed by atoms with Gasteiger partial charge in [-0.15, -0.1) is 0 Å². The van der Waals surface area contributed by atoms with Crippen LogP contribution in [-0.2, 0) is 15.6 Å². The Morgan fingerprint density at radius 1 is 0.857 bits per heavy atom. The Bertz CT molecular complexity index is 2120. The zero-order chi connectivity index (χ0) is 34.9. The summed E-state index contributed by atoms with van der Waals surface area (Å²) in [5, 5.41) is 6.23. The fourth-order valence-electron chi connectivity index (χ4n) is 5.25. The van der Waals surface area contributed by atoms with E-state index in [0.717, 1.165) is 17.3 Å². The second kappa shape index (κ2) is 13.4. The second-order valence-electron chi connectivity index (χ2n) is 13.9. The van der Waals surface area contributed by atoms with Crippen molar-refractivity contribution >= 4 is 34.6 Å². The van der Waals surface area contributed by atoms with E-state index in [1.54, 1.807) is 31.2 Å². The van der Waals surface area contributed by atoms with E-state index in [9.17, 15) is 9.59 Å². The Hall–Kier alpha value is -5.22. The molecule has 0 aliphatic rings. The predicted molar refractivity (Wildman–Crippen MR) is 194 cm³/mol. The summed E-state index contributed by atoms with van der Waals surface area (Å²) in [5.41, 5.74) is 3.47. The first-order valence-corrected chi connectivity index (χ1v) is 16.9. The van der Waals surface area contributed by atoms with Gasteiger partial charge in [0.15, 0.2) is 11.7 Å². The van der Waals surface area contributed by atoms with E-state index in [1.807, 2.05) is 60.7 Å². The second-order valence-corrected chi connectivity index (χ2v) is 14.8. The SMILES string of the molecule is CC(Oc1ccccc1C(C)(C)C)C(=O)Nc1[nH]n(-c2ccc(Oc3ccc(C(C)(C)C)cc3)cc2)c(=O)c1Sc1nc2ccccc2o1. The summed E-state index contributed by atoms with van der Waals surface area (Å²) in [6.07, 6.45) is -0.869. The van der Waals surface area contributed by atoms with E-state index in [4.69, 9.17) is 13.9 Å². The zero-order valence-electron chi connectivity index (χ0n) is 28.7. The number of oxazole rings is 1. The van der Waals surface area contributed by atoms with Crippen LogP contribution in [0.3, 0.4) is 0 Å².